The number of hydrogen-bond donors (Lipinski definition) is 3. The molecule has 0 aliphatic rings. The molecule has 0 aliphatic carbocycles. The molecule has 21 heavy (non-hydrogen) atoms. The Morgan fingerprint density at radius 2 is 1.90 bits per heavy atom. The number of nitrogens with zero attached hydrogens (tertiary/aromatic N) is 2. The molecular formula is C15H19N5O. The maximum absolute atomic E-state index is 10.7. The fourth-order valence-electron chi connectivity index (χ4n) is 1.79. The topological polar surface area (TPSA) is 92.9 Å². The Labute approximate surface area is 123 Å². The summed E-state index contributed by atoms with van der Waals surface area (Å²) in [4.78, 5) is 19.4. The van der Waals surface area contributed by atoms with Crippen molar-refractivity contribution in [3.05, 3.63) is 36.7 Å². The highest BCUT2D eigenvalue weighted by Crippen LogP contribution is 2.18. The van der Waals surface area contributed by atoms with Crippen LogP contribution in [0.25, 0.3) is 11.3 Å². The minimum Gasteiger partial charge on any atom is -0.399 e. The summed E-state index contributed by atoms with van der Waals surface area (Å²) in [6.45, 7) is 2.89. The van der Waals surface area contributed by atoms with Crippen molar-refractivity contribution in [2.75, 3.05) is 24.1 Å². The van der Waals surface area contributed by atoms with Crippen molar-refractivity contribution in [3.8, 4) is 11.3 Å². The van der Waals surface area contributed by atoms with Crippen LogP contribution in [-0.4, -0.2) is 29.0 Å². The molecular weight excluding hydrogens is 266 g/mol. The summed E-state index contributed by atoms with van der Waals surface area (Å²) >= 11 is 0. The quantitative estimate of drug-likeness (QED) is 0.554. The van der Waals surface area contributed by atoms with Crippen LogP contribution in [0.2, 0.25) is 0 Å². The lowest BCUT2D eigenvalue weighted by atomic mass is 10.1. The molecule has 6 heteroatoms. The lowest BCUT2D eigenvalue weighted by molar-refractivity contribution is -0.118. The van der Waals surface area contributed by atoms with Gasteiger partial charge in [-0.3, -0.25) is 9.78 Å². The van der Waals surface area contributed by atoms with Gasteiger partial charge in [-0.25, -0.2) is 4.98 Å². The standard InChI is InChI=1S/C15H19N5O/c1-11(21)17-7-2-8-18-15-10-19-14(9-20-15)12-3-5-13(16)6-4-12/h3-6,9-10H,2,7-8,16H2,1H3,(H,17,21)(H,18,20). The zero-order chi connectivity index (χ0) is 15.1. The predicted octanol–water partition coefficient (Wildman–Crippen LogP) is 1.66. The molecule has 0 fully saturated rings. The SMILES string of the molecule is CC(=O)NCCCNc1cnc(-c2ccc(N)cc2)cn1. The molecule has 0 bridgehead atoms. The zero-order valence-electron chi connectivity index (χ0n) is 12.0. The van der Waals surface area contributed by atoms with Gasteiger partial charge in [0.2, 0.25) is 5.91 Å². The third-order valence-corrected chi connectivity index (χ3v) is 2.89. The van der Waals surface area contributed by atoms with Gasteiger partial charge in [0.05, 0.1) is 18.1 Å². The molecule has 4 N–H and O–H groups in total. The van der Waals surface area contributed by atoms with E-state index >= 15 is 0 Å². The summed E-state index contributed by atoms with van der Waals surface area (Å²) in [6.07, 6.45) is 4.26. The van der Waals surface area contributed by atoms with E-state index in [1.54, 1.807) is 12.4 Å². The number of anilines is 2. The molecule has 6 nitrogen and oxygen atoms in total. The van der Waals surface area contributed by atoms with Gasteiger partial charge in [0.25, 0.3) is 0 Å². The molecule has 1 heterocycles. The minimum atomic E-state index is -0.0114. The number of rotatable bonds is 6. The summed E-state index contributed by atoms with van der Waals surface area (Å²) in [5.74, 6) is 0.708. The van der Waals surface area contributed by atoms with E-state index in [0.717, 1.165) is 35.7 Å². The molecule has 1 amide bonds. The third-order valence-electron chi connectivity index (χ3n) is 2.89. The number of nitrogen functional groups attached to an aromatic ring is 1. The smallest absolute Gasteiger partial charge is 0.216 e. The number of carbonyl (C=O) groups excluding carboxylic acids is 1. The second kappa shape index (κ2) is 7.23. The van der Waals surface area contributed by atoms with E-state index in [1.807, 2.05) is 24.3 Å². The number of carbonyl (C=O) groups is 1. The van der Waals surface area contributed by atoms with Crippen molar-refractivity contribution in [1.82, 2.24) is 15.3 Å². The first-order chi connectivity index (χ1) is 10.1. The molecule has 0 atom stereocenters. The Morgan fingerprint density at radius 3 is 2.52 bits per heavy atom. The first-order valence-corrected chi connectivity index (χ1v) is 6.81. The van der Waals surface area contributed by atoms with E-state index in [0.29, 0.717) is 6.54 Å². The third kappa shape index (κ3) is 4.76. The van der Waals surface area contributed by atoms with Crippen molar-refractivity contribution < 1.29 is 4.79 Å². The molecule has 1 aromatic heterocycles. The molecule has 2 aromatic rings. The highest BCUT2D eigenvalue weighted by Gasteiger charge is 2.00. The van der Waals surface area contributed by atoms with Crippen LogP contribution in [0.3, 0.4) is 0 Å². The number of aromatic nitrogens is 2. The Hall–Kier alpha value is -2.63. The monoisotopic (exact) mass is 285 g/mol. The Morgan fingerprint density at radius 1 is 1.14 bits per heavy atom. The molecule has 1 aromatic carbocycles. The number of hydrogen-bond acceptors (Lipinski definition) is 5. The second-order valence-electron chi connectivity index (χ2n) is 4.67. The van der Waals surface area contributed by atoms with Crippen molar-refractivity contribution in [3.63, 3.8) is 0 Å². The van der Waals surface area contributed by atoms with Crippen LogP contribution in [0.15, 0.2) is 36.7 Å². The highest BCUT2D eigenvalue weighted by molar-refractivity contribution is 5.72. The first kappa shape index (κ1) is 14.8. The first-order valence-electron chi connectivity index (χ1n) is 6.81. The van der Waals surface area contributed by atoms with E-state index in [9.17, 15) is 4.79 Å². The van der Waals surface area contributed by atoms with Gasteiger partial charge in [0, 0.05) is 31.3 Å². The van der Waals surface area contributed by atoms with Gasteiger partial charge < -0.3 is 16.4 Å². The second-order valence-corrected chi connectivity index (χ2v) is 4.67. The Bertz CT molecular complexity index is 580. The fourth-order valence-corrected chi connectivity index (χ4v) is 1.79. The maximum atomic E-state index is 10.7. The minimum absolute atomic E-state index is 0.0114. The molecule has 0 aliphatic heterocycles. The molecule has 0 spiro atoms. The summed E-state index contributed by atoms with van der Waals surface area (Å²) in [7, 11) is 0. The van der Waals surface area contributed by atoms with Crippen LogP contribution in [0.1, 0.15) is 13.3 Å². The van der Waals surface area contributed by atoms with E-state index in [2.05, 4.69) is 20.6 Å². The van der Waals surface area contributed by atoms with Gasteiger partial charge >= 0.3 is 0 Å². The van der Waals surface area contributed by atoms with Crippen molar-refractivity contribution in [2.45, 2.75) is 13.3 Å². The van der Waals surface area contributed by atoms with Crippen LogP contribution >= 0.6 is 0 Å². The van der Waals surface area contributed by atoms with E-state index < -0.39 is 0 Å². The van der Waals surface area contributed by atoms with Gasteiger partial charge in [-0.1, -0.05) is 12.1 Å². The van der Waals surface area contributed by atoms with Gasteiger partial charge in [-0.15, -0.1) is 0 Å². The van der Waals surface area contributed by atoms with E-state index in [4.69, 9.17) is 5.73 Å². The summed E-state index contributed by atoms with van der Waals surface area (Å²) in [5.41, 5.74) is 8.17. The van der Waals surface area contributed by atoms with Crippen molar-refractivity contribution in [1.29, 1.82) is 0 Å². The Kier molecular flexibility index (Phi) is 5.09. The fraction of sp³-hybridized carbons (Fsp3) is 0.267. The number of nitrogens with one attached hydrogen (secondary N) is 2. The highest BCUT2D eigenvalue weighted by atomic mass is 16.1. The number of amides is 1. The summed E-state index contributed by atoms with van der Waals surface area (Å²) in [5, 5.41) is 5.90. The van der Waals surface area contributed by atoms with E-state index in [-0.39, 0.29) is 5.91 Å². The van der Waals surface area contributed by atoms with Crippen LogP contribution in [0.5, 0.6) is 0 Å². The van der Waals surface area contributed by atoms with Crippen molar-refractivity contribution >= 4 is 17.4 Å². The Balaban J connectivity index is 1.84. The predicted molar refractivity (Wildman–Crippen MR) is 83.7 cm³/mol. The molecule has 0 radical (unpaired) electrons. The maximum Gasteiger partial charge on any atom is 0.216 e. The van der Waals surface area contributed by atoms with Gasteiger partial charge in [-0.05, 0) is 18.6 Å². The van der Waals surface area contributed by atoms with Gasteiger partial charge in [0.15, 0.2) is 0 Å². The van der Waals surface area contributed by atoms with Crippen LogP contribution in [-0.2, 0) is 4.79 Å². The molecule has 2 rings (SSSR count). The van der Waals surface area contributed by atoms with Gasteiger partial charge in [0.1, 0.15) is 5.82 Å². The molecule has 110 valence electrons. The number of nitrogens with two attached hydrogens (primary N) is 1. The molecule has 0 saturated heterocycles. The lowest BCUT2D eigenvalue weighted by Gasteiger charge is -2.06. The zero-order valence-corrected chi connectivity index (χ0v) is 12.0. The average Bonchev–Trinajstić information content (AvgIpc) is 2.48. The summed E-state index contributed by atoms with van der Waals surface area (Å²) in [6, 6.07) is 7.51. The molecule has 0 unspecified atom stereocenters. The van der Waals surface area contributed by atoms with Crippen LogP contribution < -0.4 is 16.4 Å². The van der Waals surface area contributed by atoms with Gasteiger partial charge in [-0.2, -0.15) is 0 Å². The average molecular weight is 285 g/mol. The number of benzene rings is 1. The van der Waals surface area contributed by atoms with Crippen LogP contribution in [0.4, 0.5) is 11.5 Å². The summed E-state index contributed by atoms with van der Waals surface area (Å²) < 4.78 is 0. The lowest BCUT2D eigenvalue weighted by Crippen LogP contribution is -2.22. The van der Waals surface area contributed by atoms with Crippen molar-refractivity contribution in [2.24, 2.45) is 0 Å². The van der Waals surface area contributed by atoms with Crippen LogP contribution in [0, 0.1) is 0 Å². The largest absolute Gasteiger partial charge is 0.399 e. The van der Waals surface area contributed by atoms with E-state index in [1.165, 1.54) is 6.92 Å². The normalized spacial score (nSPS) is 10.1. The molecule has 0 saturated carbocycles.